The van der Waals surface area contributed by atoms with Gasteiger partial charge in [0.25, 0.3) is 0 Å². The molecule has 1 aliphatic heterocycles. The Kier molecular flexibility index (Phi) is 4.27. The van der Waals surface area contributed by atoms with E-state index in [2.05, 4.69) is 40.8 Å². The molecule has 0 spiro atoms. The summed E-state index contributed by atoms with van der Waals surface area (Å²) in [5, 5.41) is 0.818. The second kappa shape index (κ2) is 6.07. The molecule has 1 atom stereocenters. The Hall–Kier alpha value is -1.69. The average molecular weight is 333 g/mol. The molecule has 1 fully saturated rings. The van der Waals surface area contributed by atoms with Crippen LogP contribution >= 0.6 is 0 Å². The molecular formula is C17H23N3O2S. The van der Waals surface area contributed by atoms with Gasteiger partial charge in [-0.25, -0.2) is 18.4 Å². The minimum absolute atomic E-state index is 0.232. The number of anilines is 1. The van der Waals surface area contributed by atoms with Gasteiger partial charge in [0.05, 0.1) is 10.8 Å². The molecule has 0 N–H and O–H groups in total. The third-order valence-corrected chi connectivity index (χ3v) is 6.49. The minimum atomic E-state index is -2.97. The molecule has 2 aromatic rings. The lowest BCUT2D eigenvalue weighted by Crippen LogP contribution is -2.27. The molecule has 3 rings (SSSR count). The number of sulfone groups is 1. The lowest BCUT2D eigenvalue weighted by molar-refractivity contribution is 0.573. The summed E-state index contributed by atoms with van der Waals surface area (Å²) in [6, 6.07) is 4.23. The summed E-state index contributed by atoms with van der Waals surface area (Å²) in [6.45, 7) is 5.73. The summed E-state index contributed by atoms with van der Waals surface area (Å²) in [7, 11) is -2.97. The largest absolute Gasteiger partial charge is 0.356 e. The molecule has 0 saturated carbocycles. The Morgan fingerprint density at radius 2 is 1.83 bits per heavy atom. The van der Waals surface area contributed by atoms with Crippen molar-refractivity contribution < 1.29 is 8.42 Å². The van der Waals surface area contributed by atoms with E-state index < -0.39 is 9.84 Å². The Morgan fingerprint density at radius 3 is 2.57 bits per heavy atom. The Bertz CT molecular complexity index is 833. The van der Waals surface area contributed by atoms with Crippen molar-refractivity contribution in [2.24, 2.45) is 0 Å². The first-order valence-electron chi connectivity index (χ1n) is 8.02. The summed E-state index contributed by atoms with van der Waals surface area (Å²) in [4.78, 5) is 11.1. The third kappa shape index (κ3) is 3.32. The van der Waals surface area contributed by atoms with E-state index in [-0.39, 0.29) is 5.25 Å². The van der Waals surface area contributed by atoms with Gasteiger partial charge in [-0.15, -0.1) is 0 Å². The second-order valence-electron chi connectivity index (χ2n) is 6.52. The van der Waals surface area contributed by atoms with Crippen molar-refractivity contribution in [3.05, 3.63) is 29.6 Å². The van der Waals surface area contributed by atoms with Gasteiger partial charge in [0.1, 0.15) is 22.0 Å². The first-order valence-corrected chi connectivity index (χ1v) is 9.97. The first-order chi connectivity index (χ1) is 10.9. The molecule has 0 bridgehead atoms. The minimum Gasteiger partial charge on any atom is -0.356 e. The highest BCUT2D eigenvalue weighted by molar-refractivity contribution is 7.91. The van der Waals surface area contributed by atoms with Gasteiger partial charge in [-0.2, -0.15) is 0 Å². The van der Waals surface area contributed by atoms with Crippen molar-refractivity contribution in [2.75, 3.05) is 24.2 Å². The van der Waals surface area contributed by atoms with Crippen LogP contribution in [-0.2, 0) is 9.84 Å². The van der Waals surface area contributed by atoms with E-state index >= 15 is 0 Å². The van der Waals surface area contributed by atoms with Gasteiger partial charge in [-0.1, -0.05) is 0 Å². The molecule has 0 radical (unpaired) electrons. The Morgan fingerprint density at radius 1 is 1.09 bits per heavy atom. The molecule has 1 aromatic carbocycles. The quantitative estimate of drug-likeness (QED) is 0.845. The summed E-state index contributed by atoms with van der Waals surface area (Å²) in [5.74, 6) is 0.923. The van der Waals surface area contributed by atoms with E-state index in [0.717, 1.165) is 42.7 Å². The fraction of sp³-hybridized carbons (Fsp3) is 0.529. The van der Waals surface area contributed by atoms with Crippen LogP contribution in [0.3, 0.4) is 0 Å². The topological polar surface area (TPSA) is 63.2 Å². The normalized spacial score (nSPS) is 19.8. The van der Waals surface area contributed by atoms with Gasteiger partial charge in [-0.05, 0) is 56.4 Å². The molecule has 124 valence electrons. The SMILES string of the molecule is Cc1cc2ncnc(N3CCC[C@H](S(C)(=O)=O)CC3)c2cc1C. The van der Waals surface area contributed by atoms with Crippen molar-refractivity contribution >= 4 is 26.6 Å². The highest BCUT2D eigenvalue weighted by Gasteiger charge is 2.25. The van der Waals surface area contributed by atoms with Crippen LogP contribution in [0.25, 0.3) is 10.9 Å². The number of hydrogen-bond acceptors (Lipinski definition) is 5. The zero-order valence-corrected chi connectivity index (χ0v) is 14.7. The number of rotatable bonds is 2. The summed E-state index contributed by atoms with van der Waals surface area (Å²) < 4.78 is 23.7. The van der Waals surface area contributed by atoms with Crippen LogP contribution in [0.5, 0.6) is 0 Å². The van der Waals surface area contributed by atoms with Crippen LogP contribution in [0, 0.1) is 13.8 Å². The molecule has 0 aliphatic carbocycles. The average Bonchev–Trinajstić information content (AvgIpc) is 2.73. The fourth-order valence-corrected chi connectivity index (χ4v) is 4.39. The van der Waals surface area contributed by atoms with Gasteiger partial charge in [0.15, 0.2) is 0 Å². The van der Waals surface area contributed by atoms with E-state index in [9.17, 15) is 8.42 Å². The molecule has 0 amide bonds. The molecule has 23 heavy (non-hydrogen) atoms. The molecule has 1 aromatic heterocycles. The fourth-order valence-electron chi connectivity index (χ4n) is 3.26. The van der Waals surface area contributed by atoms with Crippen LogP contribution in [-0.4, -0.2) is 43.0 Å². The molecular weight excluding hydrogens is 310 g/mol. The van der Waals surface area contributed by atoms with Gasteiger partial charge >= 0.3 is 0 Å². The van der Waals surface area contributed by atoms with Crippen molar-refractivity contribution in [3.63, 3.8) is 0 Å². The summed E-state index contributed by atoms with van der Waals surface area (Å²) >= 11 is 0. The standard InChI is InChI=1S/C17H23N3O2S/c1-12-9-15-16(10-13(12)2)18-11-19-17(15)20-7-4-5-14(6-8-20)23(3,21)22/h9-11,14H,4-8H2,1-3H3/t14-/m0/s1. The number of hydrogen-bond donors (Lipinski definition) is 0. The van der Waals surface area contributed by atoms with Crippen LogP contribution in [0.15, 0.2) is 18.5 Å². The molecule has 6 heteroatoms. The van der Waals surface area contributed by atoms with E-state index in [0.29, 0.717) is 6.42 Å². The maximum absolute atomic E-state index is 11.8. The number of aromatic nitrogens is 2. The lowest BCUT2D eigenvalue weighted by Gasteiger charge is -2.23. The zero-order chi connectivity index (χ0) is 16.6. The van der Waals surface area contributed by atoms with Crippen LogP contribution in [0.2, 0.25) is 0 Å². The van der Waals surface area contributed by atoms with Gasteiger partial charge in [-0.3, -0.25) is 0 Å². The van der Waals surface area contributed by atoms with Crippen LogP contribution in [0.4, 0.5) is 5.82 Å². The highest BCUT2D eigenvalue weighted by Crippen LogP contribution is 2.28. The van der Waals surface area contributed by atoms with Crippen molar-refractivity contribution in [1.82, 2.24) is 9.97 Å². The van der Waals surface area contributed by atoms with Gasteiger partial charge in [0, 0.05) is 24.7 Å². The zero-order valence-electron chi connectivity index (χ0n) is 13.9. The molecule has 0 unspecified atom stereocenters. The Labute approximate surface area is 137 Å². The van der Waals surface area contributed by atoms with Crippen LogP contribution < -0.4 is 4.90 Å². The second-order valence-corrected chi connectivity index (χ2v) is 8.85. The van der Waals surface area contributed by atoms with Crippen molar-refractivity contribution in [1.29, 1.82) is 0 Å². The van der Waals surface area contributed by atoms with Gasteiger partial charge < -0.3 is 4.90 Å². The first kappa shape index (κ1) is 16.2. The monoisotopic (exact) mass is 333 g/mol. The van der Waals surface area contributed by atoms with E-state index in [4.69, 9.17) is 0 Å². The summed E-state index contributed by atoms with van der Waals surface area (Å²) in [6.07, 6.45) is 5.21. The molecule has 1 saturated heterocycles. The summed E-state index contributed by atoms with van der Waals surface area (Å²) in [5.41, 5.74) is 3.38. The van der Waals surface area contributed by atoms with E-state index in [1.165, 1.54) is 17.4 Å². The predicted molar refractivity (Wildman–Crippen MR) is 93.7 cm³/mol. The number of fused-ring (bicyclic) bond motifs is 1. The molecule has 5 nitrogen and oxygen atoms in total. The number of aryl methyl sites for hydroxylation is 2. The maximum atomic E-state index is 11.8. The maximum Gasteiger partial charge on any atom is 0.150 e. The van der Waals surface area contributed by atoms with Crippen LogP contribution in [0.1, 0.15) is 30.4 Å². The van der Waals surface area contributed by atoms with Crippen molar-refractivity contribution in [2.45, 2.75) is 38.4 Å². The lowest BCUT2D eigenvalue weighted by atomic mass is 10.1. The highest BCUT2D eigenvalue weighted by atomic mass is 32.2. The Balaban J connectivity index is 1.96. The van der Waals surface area contributed by atoms with E-state index in [1.54, 1.807) is 6.33 Å². The smallest absolute Gasteiger partial charge is 0.150 e. The predicted octanol–water partition coefficient (Wildman–Crippen LogP) is 2.65. The van der Waals surface area contributed by atoms with E-state index in [1.807, 2.05) is 0 Å². The third-order valence-electron chi connectivity index (χ3n) is 4.81. The van der Waals surface area contributed by atoms with Crippen molar-refractivity contribution in [3.8, 4) is 0 Å². The number of benzene rings is 1. The molecule has 2 heterocycles. The number of nitrogens with zero attached hydrogens (tertiary/aromatic N) is 3. The molecule has 1 aliphatic rings. The van der Waals surface area contributed by atoms with Gasteiger partial charge in [0.2, 0.25) is 0 Å².